The van der Waals surface area contributed by atoms with Crippen molar-refractivity contribution in [2.24, 2.45) is 11.5 Å². The summed E-state index contributed by atoms with van der Waals surface area (Å²) >= 11 is 4.24. The summed E-state index contributed by atoms with van der Waals surface area (Å²) in [6.07, 6.45) is 3.31. The van der Waals surface area contributed by atoms with Crippen molar-refractivity contribution in [3.05, 3.63) is 35.3 Å². The van der Waals surface area contributed by atoms with Crippen molar-refractivity contribution < 1.29 is 4.79 Å². The number of aryl methyl sites for hydroxylation is 1. The summed E-state index contributed by atoms with van der Waals surface area (Å²) in [6.45, 7) is 2.22. The fraction of sp³-hybridized carbons (Fsp3) is 0.300. The molecule has 8 heteroatoms. The first-order chi connectivity index (χ1) is 8.49. The van der Waals surface area contributed by atoms with Gasteiger partial charge in [-0.05, 0) is 6.92 Å². The minimum absolute atomic E-state index is 0.0135. The fourth-order valence-corrected chi connectivity index (χ4v) is 1.85. The highest BCUT2D eigenvalue weighted by Gasteiger charge is 2.28. The van der Waals surface area contributed by atoms with Crippen molar-refractivity contribution in [3.8, 4) is 0 Å². The van der Waals surface area contributed by atoms with Gasteiger partial charge < -0.3 is 21.7 Å². The van der Waals surface area contributed by atoms with E-state index < -0.39 is 11.4 Å². The number of carbonyl (C=O) groups excluding carboxylic acids is 1. The molecular formula is C10H14N6OS. The molecule has 1 aliphatic heterocycles. The number of amides is 1. The molecule has 5 N–H and O–H groups in total. The van der Waals surface area contributed by atoms with Gasteiger partial charge in [0, 0.05) is 6.20 Å². The highest BCUT2D eigenvalue weighted by atomic mass is 32.1. The van der Waals surface area contributed by atoms with Crippen LogP contribution in [-0.4, -0.2) is 26.3 Å². The Labute approximate surface area is 110 Å². The molecule has 2 rings (SSSR count). The van der Waals surface area contributed by atoms with E-state index in [1.54, 1.807) is 17.3 Å². The minimum Gasteiger partial charge on any atom is -0.391 e. The summed E-state index contributed by atoms with van der Waals surface area (Å²) in [6, 6.07) is 0. The van der Waals surface area contributed by atoms with Crippen molar-refractivity contribution in [2.75, 3.05) is 0 Å². The SMILES string of the molecule is Cc1cnc(CN2C(N)=C(N)C(=O)NC2S)cn1. The monoisotopic (exact) mass is 266 g/mol. The Balaban J connectivity index is 2.22. The van der Waals surface area contributed by atoms with Crippen LogP contribution in [0, 0.1) is 6.92 Å². The van der Waals surface area contributed by atoms with Crippen LogP contribution in [0.15, 0.2) is 23.9 Å². The van der Waals surface area contributed by atoms with Gasteiger partial charge in [0.1, 0.15) is 17.0 Å². The Bertz CT molecular complexity index is 500. The number of nitrogens with zero attached hydrogens (tertiary/aromatic N) is 3. The number of aromatic nitrogens is 2. The van der Waals surface area contributed by atoms with Crippen LogP contribution in [-0.2, 0) is 11.3 Å². The lowest BCUT2D eigenvalue weighted by Crippen LogP contribution is -2.53. The number of carbonyl (C=O) groups is 1. The molecule has 96 valence electrons. The van der Waals surface area contributed by atoms with E-state index in [4.69, 9.17) is 11.5 Å². The first-order valence-electron chi connectivity index (χ1n) is 5.27. The second kappa shape index (κ2) is 4.73. The second-order valence-electron chi connectivity index (χ2n) is 3.92. The van der Waals surface area contributed by atoms with Crippen LogP contribution in [0.3, 0.4) is 0 Å². The molecule has 0 aromatic carbocycles. The molecule has 1 aliphatic rings. The minimum atomic E-state index is -0.534. The molecule has 1 aromatic rings. The maximum absolute atomic E-state index is 11.4. The quantitative estimate of drug-likeness (QED) is 0.512. The highest BCUT2D eigenvalue weighted by molar-refractivity contribution is 7.80. The number of hydrogen-bond acceptors (Lipinski definition) is 7. The molecule has 1 atom stereocenters. The Hall–Kier alpha value is -1.96. The molecule has 1 amide bonds. The van der Waals surface area contributed by atoms with Crippen LogP contribution in [0.5, 0.6) is 0 Å². The third-order valence-corrected chi connectivity index (χ3v) is 2.96. The number of hydrogen-bond donors (Lipinski definition) is 4. The zero-order chi connectivity index (χ0) is 13.3. The molecular weight excluding hydrogens is 252 g/mol. The molecule has 7 nitrogen and oxygen atoms in total. The van der Waals surface area contributed by atoms with Gasteiger partial charge in [-0.25, -0.2) is 0 Å². The lowest BCUT2D eigenvalue weighted by molar-refractivity contribution is -0.119. The van der Waals surface area contributed by atoms with Crippen molar-refractivity contribution in [3.63, 3.8) is 0 Å². The van der Waals surface area contributed by atoms with Gasteiger partial charge in [0.25, 0.3) is 5.91 Å². The molecule has 0 saturated carbocycles. The maximum Gasteiger partial charge on any atom is 0.273 e. The molecule has 0 bridgehead atoms. The van der Waals surface area contributed by atoms with Gasteiger partial charge in [-0.1, -0.05) is 0 Å². The van der Waals surface area contributed by atoms with Crippen molar-refractivity contribution >= 4 is 18.5 Å². The largest absolute Gasteiger partial charge is 0.391 e. The summed E-state index contributed by atoms with van der Waals surface area (Å²) in [5.41, 5.74) is 12.4. The summed E-state index contributed by atoms with van der Waals surface area (Å²) in [5.74, 6) is -0.222. The van der Waals surface area contributed by atoms with Crippen LogP contribution < -0.4 is 16.8 Å². The van der Waals surface area contributed by atoms with Crippen LogP contribution >= 0.6 is 12.6 Å². The van der Waals surface area contributed by atoms with Crippen molar-refractivity contribution in [1.29, 1.82) is 0 Å². The van der Waals surface area contributed by atoms with Gasteiger partial charge in [0.2, 0.25) is 0 Å². The zero-order valence-electron chi connectivity index (χ0n) is 9.79. The van der Waals surface area contributed by atoms with E-state index in [0.29, 0.717) is 12.2 Å². The standard InChI is InChI=1S/C10H14N6OS/c1-5-2-14-6(3-13-5)4-16-8(12)7(11)9(17)15-10(16)18/h2-3,10,18H,4,11-12H2,1H3,(H,15,17). The molecule has 0 fully saturated rings. The summed E-state index contributed by atoms with van der Waals surface area (Å²) in [5, 5.41) is 2.58. The van der Waals surface area contributed by atoms with Crippen LogP contribution in [0.25, 0.3) is 0 Å². The average Bonchev–Trinajstić information content (AvgIpc) is 2.34. The summed E-state index contributed by atoms with van der Waals surface area (Å²) < 4.78 is 0. The van der Waals surface area contributed by atoms with E-state index in [1.807, 2.05) is 6.92 Å². The lowest BCUT2D eigenvalue weighted by atomic mass is 10.3. The van der Waals surface area contributed by atoms with Gasteiger partial charge in [0.15, 0.2) is 0 Å². The van der Waals surface area contributed by atoms with Crippen molar-refractivity contribution in [2.45, 2.75) is 19.0 Å². The average molecular weight is 266 g/mol. The lowest BCUT2D eigenvalue weighted by Gasteiger charge is -2.34. The maximum atomic E-state index is 11.4. The van der Waals surface area contributed by atoms with Crippen LogP contribution in [0.1, 0.15) is 11.4 Å². The van der Waals surface area contributed by atoms with Gasteiger partial charge in [-0.3, -0.25) is 14.8 Å². The third-order valence-electron chi connectivity index (χ3n) is 2.55. The number of thiol groups is 1. The Morgan fingerprint density at radius 3 is 2.78 bits per heavy atom. The topological polar surface area (TPSA) is 110 Å². The number of nitrogens with two attached hydrogens (primary N) is 2. The van der Waals surface area contributed by atoms with E-state index in [0.717, 1.165) is 5.69 Å². The Morgan fingerprint density at radius 2 is 2.17 bits per heavy atom. The van der Waals surface area contributed by atoms with Gasteiger partial charge in [-0.2, -0.15) is 0 Å². The molecule has 0 radical (unpaired) electrons. The van der Waals surface area contributed by atoms with Crippen molar-refractivity contribution in [1.82, 2.24) is 20.2 Å². The Kier molecular flexibility index (Phi) is 3.28. The van der Waals surface area contributed by atoms with Crippen LogP contribution in [0.4, 0.5) is 0 Å². The summed E-state index contributed by atoms with van der Waals surface area (Å²) in [7, 11) is 0. The number of rotatable bonds is 2. The molecule has 1 unspecified atom stereocenters. The Morgan fingerprint density at radius 1 is 1.44 bits per heavy atom. The first kappa shape index (κ1) is 12.5. The molecule has 0 spiro atoms. The molecule has 2 heterocycles. The van der Waals surface area contributed by atoms with Crippen LogP contribution in [0.2, 0.25) is 0 Å². The van der Waals surface area contributed by atoms with E-state index >= 15 is 0 Å². The second-order valence-corrected chi connectivity index (χ2v) is 4.41. The van der Waals surface area contributed by atoms with E-state index in [9.17, 15) is 4.79 Å². The summed E-state index contributed by atoms with van der Waals surface area (Å²) in [4.78, 5) is 21.4. The third kappa shape index (κ3) is 2.33. The van der Waals surface area contributed by atoms with Gasteiger partial charge >= 0.3 is 0 Å². The smallest absolute Gasteiger partial charge is 0.273 e. The normalized spacial score (nSPS) is 20.0. The number of nitrogens with one attached hydrogen (secondary N) is 1. The predicted octanol–water partition coefficient (Wildman–Crippen LogP) is -0.983. The molecule has 1 aromatic heterocycles. The first-order valence-corrected chi connectivity index (χ1v) is 5.79. The molecule has 0 saturated heterocycles. The van der Waals surface area contributed by atoms with Gasteiger partial charge in [0.05, 0.1) is 24.1 Å². The predicted molar refractivity (Wildman–Crippen MR) is 68.6 cm³/mol. The van der Waals surface area contributed by atoms with E-state index in [2.05, 4.69) is 27.9 Å². The fourth-order valence-electron chi connectivity index (χ4n) is 1.52. The zero-order valence-corrected chi connectivity index (χ0v) is 10.7. The molecule has 18 heavy (non-hydrogen) atoms. The highest BCUT2D eigenvalue weighted by Crippen LogP contribution is 2.16. The molecule has 0 aliphatic carbocycles. The van der Waals surface area contributed by atoms with E-state index in [-0.39, 0.29) is 11.5 Å². The van der Waals surface area contributed by atoms with E-state index in [1.165, 1.54) is 0 Å². The van der Waals surface area contributed by atoms with Gasteiger partial charge in [-0.15, -0.1) is 12.6 Å².